The Morgan fingerprint density at radius 3 is 1.54 bits per heavy atom. The topological polar surface area (TPSA) is 158 Å². The van der Waals surface area contributed by atoms with Crippen LogP contribution in [0.1, 0.15) is 11.3 Å². The van der Waals surface area contributed by atoms with Gasteiger partial charge >= 0.3 is 0 Å². The number of rotatable bonds is 12. The minimum atomic E-state index is -1.16. The third kappa shape index (κ3) is 5.43. The number of aliphatic hydroxyl groups excluding tert-OH is 6. The van der Waals surface area contributed by atoms with Gasteiger partial charge in [0, 0.05) is 19.3 Å². The molecular weight excluding hydrogens is 318 g/mol. The summed E-state index contributed by atoms with van der Waals surface area (Å²) < 4.78 is 0. The van der Waals surface area contributed by atoms with Crippen LogP contribution in [0.4, 0.5) is 0 Å². The Labute approximate surface area is 140 Å². The number of hydrogen-bond donors (Lipinski definition) is 8. The van der Waals surface area contributed by atoms with E-state index in [1.54, 1.807) is 18.3 Å². The molecule has 1 rings (SSSR count). The number of aromatic nitrogens is 1. The fourth-order valence-electron chi connectivity index (χ4n) is 1.87. The van der Waals surface area contributed by atoms with Crippen LogP contribution in [-0.4, -0.2) is 86.3 Å². The summed E-state index contributed by atoms with van der Waals surface area (Å²) >= 11 is 0. The Balaban J connectivity index is 2.60. The summed E-state index contributed by atoms with van der Waals surface area (Å²) in [5.41, 5.74) is -0.874. The van der Waals surface area contributed by atoms with Gasteiger partial charge in [0.15, 0.2) is 0 Å². The Bertz CT molecular complexity index is 403. The van der Waals surface area contributed by atoms with Crippen molar-refractivity contribution in [2.75, 3.05) is 39.6 Å². The van der Waals surface area contributed by atoms with Gasteiger partial charge in [0.2, 0.25) is 0 Å². The maximum atomic E-state index is 9.25. The molecule has 0 amide bonds. The average Bonchev–Trinajstić information content (AvgIpc) is 2.66. The summed E-state index contributed by atoms with van der Waals surface area (Å²) in [6.45, 7) is -1.88. The summed E-state index contributed by atoms with van der Waals surface area (Å²) in [5.74, 6) is 0. The van der Waals surface area contributed by atoms with Crippen LogP contribution in [0.15, 0.2) is 18.3 Å². The van der Waals surface area contributed by atoms with Gasteiger partial charge in [-0.2, -0.15) is 0 Å². The summed E-state index contributed by atoms with van der Waals surface area (Å²) in [7, 11) is 0. The Morgan fingerprint density at radius 2 is 1.17 bits per heavy atom. The van der Waals surface area contributed by atoms with Crippen LogP contribution < -0.4 is 10.6 Å². The summed E-state index contributed by atoms with van der Waals surface area (Å²) in [6.07, 6.45) is 1.60. The fraction of sp³-hybridized carbons (Fsp3) is 0.667. The molecule has 0 fully saturated rings. The van der Waals surface area contributed by atoms with Crippen molar-refractivity contribution in [2.24, 2.45) is 0 Å². The molecule has 1 heterocycles. The molecular formula is C15H27N3O6. The van der Waals surface area contributed by atoms with Crippen molar-refractivity contribution in [3.05, 3.63) is 29.6 Å². The first-order valence-corrected chi connectivity index (χ1v) is 7.61. The average molecular weight is 345 g/mol. The first-order chi connectivity index (χ1) is 11.5. The van der Waals surface area contributed by atoms with Crippen molar-refractivity contribution < 1.29 is 30.6 Å². The van der Waals surface area contributed by atoms with E-state index in [1.165, 1.54) is 0 Å². The van der Waals surface area contributed by atoms with Gasteiger partial charge in [0.25, 0.3) is 0 Å². The van der Waals surface area contributed by atoms with E-state index in [-0.39, 0.29) is 6.54 Å². The van der Waals surface area contributed by atoms with Gasteiger partial charge in [-0.3, -0.25) is 10.3 Å². The monoisotopic (exact) mass is 345 g/mol. The second-order valence-corrected chi connectivity index (χ2v) is 5.87. The fourth-order valence-corrected chi connectivity index (χ4v) is 1.87. The van der Waals surface area contributed by atoms with E-state index in [9.17, 15) is 30.6 Å². The molecule has 8 N–H and O–H groups in total. The van der Waals surface area contributed by atoms with Crippen molar-refractivity contribution in [2.45, 2.75) is 24.2 Å². The smallest absolute Gasteiger partial charge is 0.0884 e. The van der Waals surface area contributed by atoms with Crippen LogP contribution in [-0.2, 0) is 13.1 Å². The molecule has 0 saturated carbocycles. The van der Waals surface area contributed by atoms with E-state index in [2.05, 4.69) is 15.6 Å². The molecule has 0 spiro atoms. The van der Waals surface area contributed by atoms with E-state index in [0.29, 0.717) is 12.2 Å². The molecule has 1 aromatic heterocycles. The minimum Gasteiger partial charge on any atom is -0.394 e. The van der Waals surface area contributed by atoms with Gasteiger partial charge in [-0.05, 0) is 11.6 Å². The number of hydrogen-bond acceptors (Lipinski definition) is 9. The molecule has 24 heavy (non-hydrogen) atoms. The molecule has 0 saturated heterocycles. The van der Waals surface area contributed by atoms with E-state index >= 15 is 0 Å². The molecule has 9 nitrogen and oxygen atoms in total. The molecule has 0 radical (unpaired) electrons. The molecule has 0 atom stereocenters. The third-order valence-corrected chi connectivity index (χ3v) is 4.01. The highest BCUT2D eigenvalue weighted by molar-refractivity contribution is 5.15. The van der Waals surface area contributed by atoms with Crippen LogP contribution in [0.3, 0.4) is 0 Å². The van der Waals surface area contributed by atoms with Crippen LogP contribution in [0, 0.1) is 0 Å². The minimum absolute atomic E-state index is 0.253. The quantitative estimate of drug-likeness (QED) is 0.194. The highest BCUT2D eigenvalue weighted by Gasteiger charge is 2.28. The molecule has 138 valence electrons. The Hall–Kier alpha value is -1.17. The second kappa shape index (κ2) is 9.97. The zero-order valence-corrected chi connectivity index (χ0v) is 13.5. The predicted molar refractivity (Wildman–Crippen MR) is 85.9 cm³/mol. The lowest BCUT2D eigenvalue weighted by Gasteiger charge is -2.29. The van der Waals surface area contributed by atoms with Crippen LogP contribution in [0.5, 0.6) is 0 Å². The van der Waals surface area contributed by atoms with Gasteiger partial charge in [-0.1, -0.05) is 6.07 Å². The number of pyridine rings is 1. The third-order valence-electron chi connectivity index (χ3n) is 4.01. The molecule has 0 aliphatic rings. The first-order valence-electron chi connectivity index (χ1n) is 7.61. The van der Waals surface area contributed by atoms with Crippen molar-refractivity contribution >= 4 is 0 Å². The van der Waals surface area contributed by atoms with E-state index in [0.717, 1.165) is 5.56 Å². The summed E-state index contributed by atoms with van der Waals surface area (Å²) in [5, 5.41) is 61.2. The Morgan fingerprint density at radius 1 is 0.708 bits per heavy atom. The van der Waals surface area contributed by atoms with Crippen molar-refractivity contribution in [1.82, 2.24) is 15.6 Å². The molecule has 0 aliphatic heterocycles. The lowest BCUT2D eigenvalue weighted by atomic mass is 10.0. The molecule has 1 aromatic rings. The Kier molecular flexibility index (Phi) is 8.67. The van der Waals surface area contributed by atoms with Gasteiger partial charge in [0.1, 0.15) is 0 Å². The largest absolute Gasteiger partial charge is 0.394 e. The first kappa shape index (κ1) is 20.9. The number of aliphatic hydroxyl groups is 6. The van der Waals surface area contributed by atoms with Crippen LogP contribution >= 0.6 is 0 Å². The van der Waals surface area contributed by atoms with E-state index in [4.69, 9.17) is 0 Å². The van der Waals surface area contributed by atoms with E-state index < -0.39 is 50.7 Å². The number of nitrogens with zero attached hydrogens (tertiary/aromatic N) is 1. The SMILES string of the molecule is OCC(CO)(CO)NCc1ccc(CNC(CO)(CO)CO)nc1. The maximum absolute atomic E-state index is 9.25. The number of nitrogens with one attached hydrogen (secondary N) is 2. The van der Waals surface area contributed by atoms with Gasteiger partial charge < -0.3 is 36.0 Å². The summed E-state index contributed by atoms with van der Waals surface area (Å²) in [6, 6.07) is 3.52. The summed E-state index contributed by atoms with van der Waals surface area (Å²) in [4.78, 5) is 4.23. The standard InChI is InChI=1S/C15H27N3O6/c19-6-14(7-20,8-21)17-4-12-1-2-13(16-3-12)5-18-15(9-22,10-23)11-24/h1-3,17-24H,4-11H2. The van der Waals surface area contributed by atoms with Crippen molar-refractivity contribution in [3.8, 4) is 0 Å². The van der Waals surface area contributed by atoms with Crippen molar-refractivity contribution in [3.63, 3.8) is 0 Å². The van der Waals surface area contributed by atoms with Gasteiger partial charge in [-0.15, -0.1) is 0 Å². The lowest BCUT2D eigenvalue weighted by molar-refractivity contribution is 0.0407. The molecule has 0 unspecified atom stereocenters. The predicted octanol–water partition coefficient (Wildman–Crippen LogP) is -3.31. The zero-order valence-electron chi connectivity index (χ0n) is 13.5. The van der Waals surface area contributed by atoms with Gasteiger partial charge in [0.05, 0.1) is 56.4 Å². The van der Waals surface area contributed by atoms with Crippen LogP contribution in [0.25, 0.3) is 0 Å². The molecule has 0 bridgehead atoms. The lowest BCUT2D eigenvalue weighted by Crippen LogP contribution is -2.54. The van der Waals surface area contributed by atoms with Gasteiger partial charge in [-0.25, -0.2) is 0 Å². The normalized spacial score (nSPS) is 12.6. The van der Waals surface area contributed by atoms with E-state index in [1.807, 2.05) is 0 Å². The highest BCUT2D eigenvalue weighted by atomic mass is 16.3. The van der Waals surface area contributed by atoms with Crippen LogP contribution in [0.2, 0.25) is 0 Å². The highest BCUT2D eigenvalue weighted by Crippen LogP contribution is 2.08. The molecule has 9 heteroatoms. The van der Waals surface area contributed by atoms with Crippen molar-refractivity contribution in [1.29, 1.82) is 0 Å². The zero-order chi connectivity index (χ0) is 18.1. The second-order valence-electron chi connectivity index (χ2n) is 5.87. The molecule has 0 aromatic carbocycles. The molecule has 0 aliphatic carbocycles. The maximum Gasteiger partial charge on any atom is 0.0884 e.